The highest BCUT2D eigenvalue weighted by Gasteiger charge is 1.83. The van der Waals surface area contributed by atoms with E-state index in [1.165, 1.54) is 5.56 Å². The summed E-state index contributed by atoms with van der Waals surface area (Å²) in [5.74, 6) is 0. The van der Waals surface area contributed by atoms with E-state index in [2.05, 4.69) is 17.4 Å². The van der Waals surface area contributed by atoms with Gasteiger partial charge in [-0.25, -0.2) is 0 Å². The number of nitrogens with one attached hydrogen (secondary N) is 1. The van der Waals surface area contributed by atoms with Crippen LogP contribution in [-0.4, -0.2) is 13.3 Å². The molecule has 88 valence electrons. The van der Waals surface area contributed by atoms with Gasteiger partial charge in [0.05, 0.1) is 0 Å². The fourth-order valence-corrected chi connectivity index (χ4v) is 1.33. The molecule has 2 aromatic rings. The topological polar surface area (TPSA) is 29.1 Å². The van der Waals surface area contributed by atoms with E-state index in [9.17, 15) is 4.79 Å². The Morgan fingerprint density at radius 2 is 1.47 bits per heavy atom. The van der Waals surface area contributed by atoms with E-state index in [4.69, 9.17) is 0 Å². The summed E-state index contributed by atoms with van der Waals surface area (Å²) in [6.07, 6.45) is 0.833. The monoisotopic (exact) mass is 227 g/mol. The van der Waals surface area contributed by atoms with Crippen molar-refractivity contribution in [3.05, 3.63) is 71.8 Å². The molecule has 0 amide bonds. The first-order valence-electron chi connectivity index (χ1n) is 5.55. The van der Waals surface area contributed by atoms with E-state index in [-0.39, 0.29) is 0 Å². The number of carbonyl (C=O) groups is 1. The van der Waals surface area contributed by atoms with E-state index >= 15 is 0 Å². The molecule has 2 rings (SSSR count). The molecule has 0 aliphatic heterocycles. The molecule has 0 saturated carbocycles. The molecule has 17 heavy (non-hydrogen) atoms. The normalized spacial score (nSPS) is 9.00. The third kappa shape index (κ3) is 5.64. The van der Waals surface area contributed by atoms with Crippen LogP contribution in [0.25, 0.3) is 0 Å². The van der Waals surface area contributed by atoms with Crippen LogP contribution >= 0.6 is 0 Å². The van der Waals surface area contributed by atoms with Gasteiger partial charge in [-0.05, 0) is 12.6 Å². The largest absolute Gasteiger partial charge is 0.316 e. The maximum Gasteiger partial charge on any atom is 0.150 e. The Bertz CT molecular complexity index is 411. The minimum absolute atomic E-state index is 0.729. The van der Waals surface area contributed by atoms with Crippen LogP contribution in [0.2, 0.25) is 0 Å². The summed E-state index contributed by atoms with van der Waals surface area (Å²) in [4.78, 5) is 10.0. The van der Waals surface area contributed by atoms with Crippen LogP contribution in [0.15, 0.2) is 60.7 Å². The third-order valence-electron chi connectivity index (χ3n) is 2.16. The Hall–Kier alpha value is -1.93. The van der Waals surface area contributed by atoms with Crippen LogP contribution in [-0.2, 0) is 6.54 Å². The van der Waals surface area contributed by atoms with Crippen LogP contribution in [0, 0.1) is 0 Å². The van der Waals surface area contributed by atoms with Crippen LogP contribution in [0.3, 0.4) is 0 Å². The number of aldehydes is 1. The first kappa shape index (κ1) is 13.1. The van der Waals surface area contributed by atoms with Gasteiger partial charge in [-0.2, -0.15) is 0 Å². The van der Waals surface area contributed by atoms with Gasteiger partial charge in [0.25, 0.3) is 0 Å². The van der Waals surface area contributed by atoms with Crippen molar-refractivity contribution in [2.24, 2.45) is 0 Å². The Morgan fingerprint density at radius 3 is 1.88 bits per heavy atom. The molecule has 1 N–H and O–H groups in total. The van der Waals surface area contributed by atoms with Crippen LogP contribution in [0.5, 0.6) is 0 Å². The van der Waals surface area contributed by atoms with Gasteiger partial charge in [0, 0.05) is 12.1 Å². The molecule has 0 bridgehead atoms. The zero-order chi connectivity index (χ0) is 12.3. The molecule has 2 nitrogen and oxygen atoms in total. The Morgan fingerprint density at radius 1 is 0.941 bits per heavy atom. The molecule has 0 heterocycles. The summed E-state index contributed by atoms with van der Waals surface area (Å²) in [5, 5.41) is 3.08. The maximum absolute atomic E-state index is 10.0. The molecule has 2 heteroatoms. The molecular formula is C15H17NO. The number of rotatable bonds is 3. The van der Waals surface area contributed by atoms with Crippen LogP contribution in [0.4, 0.5) is 0 Å². The van der Waals surface area contributed by atoms with E-state index in [0.717, 1.165) is 18.4 Å². The van der Waals surface area contributed by atoms with Gasteiger partial charge in [0.2, 0.25) is 0 Å². The smallest absolute Gasteiger partial charge is 0.150 e. The minimum Gasteiger partial charge on any atom is -0.316 e. The molecule has 0 radical (unpaired) electrons. The number of benzene rings is 2. The Kier molecular flexibility index (Phi) is 6.37. The highest BCUT2D eigenvalue weighted by Crippen LogP contribution is 1.95. The number of hydrogen-bond acceptors (Lipinski definition) is 2. The average molecular weight is 227 g/mol. The quantitative estimate of drug-likeness (QED) is 0.817. The minimum atomic E-state index is 0.729. The summed E-state index contributed by atoms with van der Waals surface area (Å²) in [5.41, 5.74) is 2.06. The lowest BCUT2D eigenvalue weighted by Crippen LogP contribution is -2.04. The SMILES string of the molecule is CNCc1ccccc1.O=Cc1ccccc1. The van der Waals surface area contributed by atoms with Crippen molar-refractivity contribution in [2.45, 2.75) is 6.54 Å². The Labute approximate surface area is 102 Å². The number of carbonyl (C=O) groups excluding carboxylic acids is 1. The summed E-state index contributed by atoms with van der Waals surface area (Å²) >= 11 is 0. The van der Waals surface area contributed by atoms with Crippen molar-refractivity contribution in [1.29, 1.82) is 0 Å². The third-order valence-corrected chi connectivity index (χ3v) is 2.16. The molecule has 0 aromatic heterocycles. The maximum atomic E-state index is 10.0. The first-order valence-corrected chi connectivity index (χ1v) is 5.55. The lowest BCUT2D eigenvalue weighted by molar-refractivity contribution is 0.112. The zero-order valence-corrected chi connectivity index (χ0v) is 9.97. The molecule has 0 fully saturated rings. The fraction of sp³-hybridized carbons (Fsp3) is 0.133. The summed E-state index contributed by atoms with van der Waals surface area (Å²) in [6.45, 7) is 0.959. The van der Waals surface area contributed by atoms with Crippen molar-refractivity contribution in [3.63, 3.8) is 0 Å². The first-order chi connectivity index (χ1) is 8.36. The summed E-state index contributed by atoms with van der Waals surface area (Å²) in [6, 6.07) is 19.4. The highest BCUT2D eigenvalue weighted by atomic mass is 16.1. The van der Waals surface area contributed by atoms with Gasteiger partial charge < -0.3 is 5.32 Å². The molecule has 0 aliphatic rings. The van der Waals surface area contributed by atoms with E-state index < -0.39 is 0 Å². The molecule has 0 spiro atoms. The van der Waals surface area contributed by atoms with Gasteiger partial charge in [0.15, 0.2) is 0 Å². The lowest BCUT2D eigenvalue weighted by atomic mass is 10.2. The standard InChI is InChI=1S/C8H11N.C7H6O/c1-9-7-8-5-3-2-4-6-8;8-6-7-4-2-1-3-5-7/h2-6,9H,7H2,1H3;1-6H. The second-order valence-electron chi connectivity index (χ2n) is 3.54. The van der Waals surface area contributed by atoms with Crippen molar-refractivity contribution in [1.82, 2.24) is 5.32 Å². The Balaban J connectivity index is 0.000000171. The second-order valence-corrected chi connectivity index (χ2v) is 3.54. The fourth-order valence-electron chi connectivity index (χ4n) is 1.33. The predicted molar refractivity (Wildman–Crippen MR) is 71.0 cm³/mol. The number of hydrogen-bond donors (Lipinski definition) is 1. The van der Waals surface area contributed by atoms with Crippen LogP contribution < -0.4 is 5.32 Å². The van der Waals surface area contributed by atoms with Gasteiger partial charge in [-0.15, -0.1) is 0 Å². The predicted octanol–water partition coefficient (Wildman–Crippen LogP) is 2.91. The second kappa shape index (κ2) is 8.25. The molecular weight excluding hydrogens is 210 g/mol. The lowest BCUT2D eigenvalue weighted by Gasteiger charge is -1.95. The molecule has 0 unspecified atom stereocenters. The van der Waals surface area contributed by atoms with E-state index in [1.54, 1.807) is 12.1 Å². The van der Waals surface area contributed by atoms with Crippen molar-refractivity contribution in [3.8, 4) is 0 Å². The van der Waals surface area contributed by atoms with Crippen LogP contribution in [0.1, 0.15) is 15.9 Å². The van der Waals surface area contributed by atoms with E-state index in [0.29, 0.717) is 0 Å². The summed E-state index contributed by atoms with van der Waals surface area (Å²) in [7, 11) is 1.95. The zero-order valence-electron chi connectivity index (χ0n) is 9.97. The van der Waals surface area contributed by atoms with E-state index in [1.807, 2.05) is 43.4 Å². The van der Waals surface area contributed by atoms with Crippen molar-refractivity contribution in [2.75, 3.05) is 7.05 Å². The van der Waals surface area contributed by atoms with Gasteiger partial charge in [-0.3, -0.25) is 4.79 Å². The van der Waals surface area contributed by atoms with Crippen molar-refractivity contribution >= 4 is 6.29 Å². The molecule has 0 saturated heterocycles. The van der Waals surface area contributed by atoms with Gasteiger partial charge >= 0.3 is 0 Å². The van der Waals surface area contributed by atoms with Crippen molar-refractivity contribution < 1.29 is 4.79 Å². The molecule has 2 aromatic carbocycles. The highest BCUT2D eigenvalue weighted by molar-refractivity contribution is 5.74. The molecule has 0 aliphatic carbocycles. The average Bonchev–Trinajstić information content (AvgIpc) is 2.42. The summed E-state index contributed by atoms with van der Waals surface area (Å²) < 4.78 is 0. The van der Waals surface area contributed by atoms with Gasteiger partial charge in [0.1, 0.15) is 6.29 Å². The van der Waals surface area contributed by atoms with Gasteiger partial charge in [-0.1, -0.05) is 60.7 Å². The molecule has 0 atom stereocenters.